The Bertz CT molecular complexity index is 643. The molecule has 0 aromatic heterocycles. The van der Waals surface area contributed by atoms with Crippen molar-refractivity contribution >= 4 is 29.3 Å². The third kappa shape index (κ3) is 5.19. The maximum absolute atomic E-state index is 12.3. The summed E-state index contributed by atoms with van der Waals surface area (Å²) >= 11 is 7.38. The lowest BCUT2D eigenvalue weighted by atomic mass is 10.1. The van der Waals surface area contributed by atoms with Gasteiger partial charge < -0.3 is 10.1 Å². The molecule has 122 valence electrons. The third-order valence-corrected chi connectivity index (χ3v) is 4.83. The summed E-state index contributed by atoms with van der Waals surface area (Å²) in [7, 11) is 1.63. The number of rotatable bonds is 6. The van der Waals surface area contributed by atoms with Gasteiger partial charge in [-0.25, -0.2) is 0 Å². The van der Waals surface area contributed by atoms with E-state index in [1.165, 1.54) is 11.8 Å². The molecule has 0 radical (unpaired) electrons. The van der Waals surface area contributed by atoms with Gasteiger partial charge in [0.25, 0.3) is 0 Å². The average Bonchev–Trinajstić information content (AvgIpc) is 2.56. The normalized spacial score (nSPS) is 13.2. The van der Waals surface area contributed by atoms with Crippen molar-refractivity contribution in [2.75, 3.05) is 7.11 Å². The molecular formula is C18H20ClNO2S. The summed E-state index contributed by atoms with van der Waals surface area (Å²) in [4.78, 5) is 13.4. The Kier molecular flexibility index (Phi) is 6.37. The maximum atomic E-state index is 12.3. The molecule has 5 heteroatoms. The molecule has 2 aromatic carbocycles. The highest BCUT2D eigenvalue weighted by Crippen LogP contribution is 2.25. The summed E-state index contributed by atoms with van der Waals surface area (Å²) in [5.74, 6) is 0.812. The van der Waals surface area contributed by atoms with E-state index in [-0.39, 0.29) is 17.2 Å². The van der Waals surface area contributed by atoms with Gasteiger partial charge in [-0.05, 0) is 55.8 Å². The van der Waals surface area contributed by atoms with Gasteiger partial charge in [-0.15, -0.1) is 11.8 Å². The van der Waals surface area contributed by atoms with Crippen LogP contribution >= 0.6 is 23.4 Å². The van der Waals surface area contributed by atoms with Gasteiger partial charge in [0, 0.05) is 9.92 Å². The van der Waals surface area contributed by atoms with Crippen LogP contribution in [0.1, 0.15) is 25.5 Å². The van der Waals surface area contributed by atoms with Gasteiger partial charge in [-0.2, -0.15) is 0 Å². The first-order chi connectivity index (χ1) is 11.0. The van der Waals surface area contributed by atoms with Gasteiger partial charge in [0.2, 0.25) is 5.91 Å². The first-order valence-corrected chi connectivity index (χ1v) is 8.62. The third-order valence-electron chi connectivity index (χ3n) is 3.47. The summed E-state index contributed by atoms with van der Waals surface area (Å²) in [6, 6.07) is 15.1. The zero-order chi connectivity index (χ0) is 16.8. The summed E-state index contributed by atoms with van der Waals surface area (Å²) in [6.07, 6.45) is 0. The Hall–Kier alpha value is -1.65. The van der Waals surface area contributed by atoms with Gasteiger partial charge in [-0.1, -0.05) is 23.7 Å². The highest BCUT2D eigenvalue weighted by molar-refractivity contribution is 8.00. The predicted molar refractivity (Wildman–Crippen MR) is 96.3 cm³/mol. The number of carbonyl (C=O) groups excluding carboxylic acids is 1. The van der Waals surface area contributed by atoms with Crippen LogP contribution in [0.2, 0.25) is 5.02 Å². The SMILES string of the molecule is COc1ccc([C@@H](C)NC(=O)[C@H](C)Sc2ccc(Cl)cc2)cc1. The Morgan fingerprint density at radius 3 is 2.26 bits per heavy atom. The first kappa shape index (κ1) is 17.7. The number of nitrogens with one attached hydrogen (secondary N) is 1. The second-order valence-electron chi connectivity index (χ2n) is 5.22. The summed E-state index contributed by atoms with van der Waals surface area (Å²) in [5.41, 5.74) is 1.04. The lowest BCUT2D eigenvalue weighted by Crippen LogP contribution is -2.33. The minimum Gasteiger partial charge on any atom is -0.497 e. The van der Waals surface area contributed by atoms with E-state index in [0.717, 1.165) is 16.2 Å². The maximum Gasteiger partial charge on any atom is 0.233 e. The van der Waals surface area contributed by atoms with Crippen molar-refractivity contribution in [2.24, 2.45) is 0 Å². The van der Waals surface area contributed by atoms with Crippen molar-refractivity contribution < 1.29 is 9.53 Å². The second kappa shape index (κ2) is 8.27. The zero-order valence-electron chi connectivity index (χ0n) is 13.4. The van der Waals surface area contributed by atoms with Crippen LogP contribution in [0.4, 0.5) is 0 Å². The van der Waals surface area contributed by atoms with Crippen molar-refractivity contribution in [3.63, 3.8) is 0 Å². The van der Waals surface area contributed by atoms with Crippen molar-refractivity contribution in [1.82, 2.24) is 5.32 Å². The topological polar surface area (TPSA) is 38.3 Å². The molecule has 0 fully saturated rings. The molecule has 2 aromatic rings. The fourth-order valence-corrected chi connectivity index (χ4v) is 3.08. The predicted octanol–water partition coefficient (Wildman–Crippen LogP) is 4.71. The number of carbonyl (C=O) groups is 1. The van der Waals surface area contributed by atoms with E-state index < -0.39 is 0 Å². The van der Waals surface area contributed by atoms with Crippen molar-refractivity contribution in [2.45, 2.75) is 30.0 Å². The monoisotopic (exact) mass is 349 g/mol. The van der Waals surface area contributed by atoms with Gasteiger partial charge in [-0.3, -0.25) is 4.79 Å². The molecule has 2 atom stereocenters. The van der Waals surface area contributed by atoms with Crippen LogP contribution in [0.3, 0.4) is 0 Å². The van der Waals surface area contributed by atoms with E-state index in [4.69, 9.17) is 16.3 Å². The molecule has 0 aliphatic heterocycles. The summed E-state index contributed by atoms with van der Waals surface area (Å²) in [5, 5.41) is 3.55. The highest BCUT2D eigenvalue weighted by Gasteiger charge is 2.17. The molecule has 0 saturated heterocycles. The van der Waals surface area contributed by atoms with Gasteiger partial charge in [0.1, 0.15) is 5.75 Å². The molecule has 2 rings (SSSR count). The molecule has 1 amide bonds. The largest absolute Gasteiger partial charge is 0.497 e. The standard InChI is InChI=1S/C18H20ClNO2S/c1-12(14-4-8-16(22-3)9-5-14)20-18(21)13(2)23-17-10-6-15(19)7-11-17/h4-13H,1-3H3,(H,20,21)/t12-,13+/m1/s1. The van der Waals surface area contributed by atoms with Gasteiger partial charge >= 0.3 is 0 Å². The van der Waals surface area contributed by atoms with E-state index in [2.05, 4.69) is 5.32 Å². The molecule has 0 heterocycles. The van der Waals surface area contributed by atoms with E-state index in [1.807, 2.05) is 62.4 Å². The minimum atomic E-state index is -0.183. The fourth-order valence-electron chi connectivity index (χ4n) is 2.08. The smallest absolute Gasteiger partial charge is 0.233 e. The Balaban J connectivity index is 1.92. The molecule has 23 heavy (non-hydrogen) atoms. The number of hydrogen-bond acceptors (Lipinski definition) is 3. The molecular weight excluding hydrogens is 330 g/mol. The number of amides is 1. The van der Waals surface area contributed by atoms with Crippen molar-refractivity contribution in [3.05, 3.63) is 59.1 Å². The first-order valence-electron chi connectivity index (χ1n) is 7.36. The van der Waals surface area contributed by atoms with Crippen LogP contribution < -0.4 is 10.1 Å². The highest BCUT2D eigenvalue weighted by atomic mass is 35.5. The lowest BCUT2D eigenvalue weighted by Gasteiger charge is -2.18. The van der Waals surface area contributed by atoms with Crippen molar-refractivity contribution in [3.8, 4) is 5.75 Å². The Labute approximate surface area is 146 Å². The van der Waals surface area contributed by atoms with Crippen LogP contribution in [-0.4, -0.2) is 18.3 Å². The molecule has 0 saturated carbocycles. The molecule has 0 spiro atoms. The zero-order valence-corrected chi connectivity index (χ0v) is 14.9. The van der Waals surface area contributed by atoms with E-state index in [0.29, 0.717) is 5.02 Å². The van der Waals surface area contributed by atoms with Crippen LogP contribution in [0.15, 0.2) is 53.4 Å². The van der Waals surface area contributed by atoms with Crippen LogP contribution in [0.5, 0.6) is 5.75 Å². The number of thioether (sulfide) groups is 1. The Morgan fingerprint density at radius 2 is 1.70 bits per heavy atom. The lowest BCUT2D eigenvalue weighted by molar-refractivity contribution is -0.120. The number of methoxy groups -OCH3 is 1. The molecule has 0 bridgehead atoms. The molecule has 3 nitrogen and oxygen atoms in total. The van der Waals surface area contributed by atoms with E-state index >= 15 is 0 Å². The quantitative estimate of drug-likeness (QED) is 0.768. The minimum absolute atomic E-state index is 0.00766. The summed E-state index contributed by atoms with van der Waals surface area (Å²) in [6.45, 7) is 3.87. The second-order valence-corrected chi connectivity index (χ2v) is 7.07. The molecule has 0 unspecified atom stereocenters. The van der Waals surface area contributed by atoms with Crippen LogP contribution in [0.25, 0.3) is 0 Å². The van der Waals surface area contributed by atoms with Gasteiger partial charge in [0.15, 0.2) is 0 Å². The van der Waals surface area contributed by atoms with Crippen LogP contribution in [0, 0.1) is 0 Å². The molecule has 1 N–H and O–H groups in total. The summed E-state index contributed by atoms with van der Waals surface area (Å²) < 4.78 is 5.14. The van der Waals surface area contributed by atoms with Gasteiger partial charge in [0.05, 0.1) is 18.4 Å². The molecule has 0 aliphatic rings. The van der Waals surface area contributed by atoms with E-state index in [9.17, 15) is 4.79 Å². The van der Waals surface area contributed by atoms with Crippen molar-refractivity contribution in [1.29, 1.82) is 0 Å². The number of ether oxygens (including phenoxy) is 1. The van der Waals surface area contributed by atoms with E-state index in [1.54, 1.807) is 7.11 Å². The number of benzene rings is 2. The average molecular weight is 350 g/mol. The number of hydrogen-bond donors (Lipinski definition) is 1. The van der Waals surface area contributed by atoms with Crippen LogP contribution in [-0.2, 0) is 4.79 Å². The Morgan fingerprint density at radius 1 is 1.09 bits per heavy atom. The fraction of sp³-hybridized carbons (Fsp3) is 0.278. The number of halogens is 1. The molecule has 0 aliphatic carbocycles.